The average Bonchev–Trinajstić information content (AvgIpc) is 1.12. The largest absolute Gasteiger partial charge is 2.00 e. The van der Waals surface area contributed by atoms with Gasteiger partial charge in [-0.25, -0.2) is 0 Å². The first-order valence-electron chi connectivity index (χ1n) is 1.46. The molecule has 0 N–H and O–H groups in total. The predicted molar refractivity (Wildman–Crippen MR) is 15.2 cm³/mol. The van der Waals surface area contributed by atoms with Gasteiger partial charge in [0.15, 0.2) is 0 Å². The maximum atomic E-state index is 8.55. The van der Waals surface area contributed by atoms with Gasteiger partial charge < -0.3 is 38.5 Å². The number of rotatable bonds is 0. The van der Waals surface area contributed by atoms with Crippen molar-refractivity contribution in [2.45, 2.75) is 0 Å². The minimum Gasteiger partial charge on any atom is -0.822 e. The van der Waals surface area contributed by atoms with Gasteiger partial charge in [0.2, 0.25) is 0 Å². The molecule has 0 aliphatic carbocycles. The van der Waals surface area contributed by atoms with Crippen LogP contribution < -0.4 is 29.4 Å². The van der Waals surface area contributed by atoms with E-state index in [9.17, 15) is 0 Å². The quantitative estimate of drug-likeness (QED) is 0.236. The maximum Gasteiger partial charge on any atom is 2.00 e. The number of hydrogen-bond donors (Lipinski definition) is 0. The van der Waals surface area contributed by atoms with E-state index in [2.05, 4.69) is 0 Å². The molecule has 13 heteroatoms. The van der Waals surface area contributed by atoms with Gasteiger partial charge >= 0.3 is 121 Å². The number of phosphoric acid groups is 2. The van der Waals surface area contributed by atoms with Crippen molar-refractivity contribution in [1.82, 2.24) is 0 Å². The fraction of sp³-hybridized carbons (Fsp3) is 0. The van der Waals surface area contributed by atoms with Crippen molar-refractivity contribution in [2.75, 3.05) is 0 Å². The second kappa shape index (κ2) is 14.3. The molecule has 0 bridgehead atoms. The third-order valence-corrected chi connectivity index (χ3v) is 0. The van der Waals surface area contributed by atoms with E-state index in [0.29, 0.717) is 0 Å². The SMILES string of the molecule is O=P([O-])([O-])[O-].O=P([O-])([O-])[O-].[Sm+2].[Sm+2].[Sm+2]. The molecule has 0 aliphatic heterocycles. The standard InChI is InChI=1S/2H3O4P.3Sm/c2*1-5(2,3)4;;;/h2*(H3,1,2,3,4);;;/q;;3*+2/p-6. The topological polar surface area (TPSA) is 172 Å². The first kappa shape index (κ1) is 30.3. The van der Waals surface area contributed by atoms with Crippen LogP contribution >= 0.6 is 15.6 Å². The van der Waals surface area contributed by atoms with E-state index in [-0.39, 0.29) is 121 Å². The summed E-state index contributed by atoms with van der Waals surface area (Å²) in [5.74, 6) is 0. The Morgan fingerprint density at radius 2 is 0.538 bits per heavy atom. The minimum atomic E-state index is -5.39. The average molecular weight is 641 g/mol. The Balaban J connectivity index is -0.0000000267. The van der Waals surface area contributed by atoms with E-state index < -0.39 is 15.6 Å². The van der Waals surface area contributed by atoms with Crippen LogP contribution in [0.1, 0.15) is 0 Å². The summed E-state index contributed by atoms with van der Waals surface area (Å²) in [6.07, 6.45) is 0. The molecular formula is O8P2Sm3. The summed E-state index contributed by atoms with van der Waals surface area (Å²) < 4.78 is 17.1. The molecule has 8 nitrogen and oxygen atoms in total. The Morgan fingerprint density at radius 1 is 0.538 bits per heavy atom. The summed E-state index contributed by atoms with van der Waals surface area (Å²) in [6, 6.07) is 0. The molecule has 0 saturated heterocycles. The summed E-state index contributed by atoms with van der Waals surface area (Å²) in [7, 11) is -10.8. The monoisotopic (exact) mass is 646 g/mol. The van der Waals surface area contributed by atoms with Crippen molar-refractivity contribution in [1.29, 1.82) is 0 Å². The van der Waals surface area contributed by atoms with Gasteiger partial charge in [0, 0.05) is 0 Å². The van der Waals surface area contributed by atoms with E-state index in [4.69, 9.17) is 38.5 Å². The Bertz CT molecular complexity index is 130. The van der Waals surface area contributed by atoms with Crippen LogP contribution in [-0.4, -0.2) is 0 Å². The van der Waals surface area contributed by atoms with Gasteiger partial charge in [-0.05, 0) is 0 Å². The van der Waals surface area contributed by atoms with Crippen LogP contribution in [0.15, 0.2) is 0 Å². The van der Waals surface area contributed by atoms with Crippen molar-refractivity contribution < 1.29 is 160 Å². The van der Waals surface area contributed by atoms with Crippen LogP contribution in [0.25, 0.3) is 0 Å². The zero-order valence-electron chi connectivity index (χ0n) is 5.39. The fourth-order valence-corrected chi connectivity index (χ4v) is 0. The molecule has 0 amide bonds. The molecule has 0 aromatic heterocycles. The van der Waals surface area contributed by atoms with Gasteiger partial charge in [-0.3, -0.25) is 0 Å². The van der Waals surface area contributed by atoms with Gasteiger partial charge in [-0.1, -0.05) is 0 Å². The molecule has 0 aliphatic rings. The first-order valence-corrected chi connectivity index (χ1v) is 4.38. The van der Waals surface area contributed by atoms with Gasteiger partial charge in [0.05, 0.1) is 0 Å². The Labute approximate surface area is 171 Å². The van der Waals surface area contributed by atoms with E-state index in [1.54, 1.807) is 0 Å². The second-order valence-electron chi connectivity index (χ2n) is 0.894. The van der Waals surface area contributed by atoms with E-state index in [0.717, 1.165) is 0 Å². The van der Waals surface area contributed by atoms with E-state index >= 15 is 0 Å². The third-order valence-electron chi connectivity index (χ3n) is 0. The minimum absolute atomic E-state index is 0. The summed E-state index contributed by atoms with van der Waals surface area (Å²) >= 11 is 0. The van der Waals surface area contributed by atoms with Gasteiger partial charge in [-0.15, -0.1) is 0 Å². The van der Waals surface area contributed by atoms with Crippen LogP contribution in [-0.2, 0) is 9.13 Å². The molecule has 0 spiro atoms. The van der Waals surface area contributed by atoms with E-state index in [1.165, 1.54) is 0 Å². The van der Waals surface area contributed by atoms with E-state index in [1.807, 2.05) is 0 Å². The van der Waals surface area contributed by atoms with Gasteiger partial charge in [-0.2, -0.15) is 15.6 Å². The summed E-state index contributed by atoms with van der Waals surface area (Å²) in [5.41, 5.74) is 0. The molecule has 13 heavy (non-hydrogen) atoms. The summed E-state index contributed by atoms with van der Waals surface area (Å²) in [6.45, 7) is 0. The smallest absolute Gasteiger partial charge is 0.822 e. The van der Waals surface area contributed by atoms with Gasteiger partial charge in [0.25, 0.3) is 0 Å². The molecule has 0 radical (unpaired) electrons. The maximum absolute atomic E-state index is 8.55. The molecule has 0 unspecified atom stereocenters. The molecule has 0 atom stereocenters. The summed E-state index contributed by atoms with van der Waals surface area (Å²) in [4.78, 5) is 51.3. The fourth-order valence-electron chi connectivity index (χ4n) is 0. The zero-order valence-corrected chi connectivity index (χ0v) is 15.0. The van der Waals surface area contributed by atoms with Crippen LogP contribution in [0.4, 0.5) is 0 Å². The zero-order chi connectivity index (χ0) is 9.00. The van der Waals surface area contributed by atoms with Crippen LogP contribution in [0.2, 0.25) is 0 Å². The van der Waals surface area contributed by atoms with Crippen molar-refractivity contribution >= 4 is 15.6 Å². The first-order chi connectivity index (χ1) is 4.00. The Hall–Kier alpha value is 4.23. The Kier molecular flexibility index (Phi) is 33.4. The van der Waals surface area contributed by atoms with Crippen molar-refractivity contribution in [3.05, 3.63) is 0 Å². The predicted octanol–water partition coefficient (Wildman–Crippen LogP) is -5.65. The van der Waals surface area contributed by atoms with Crippen LogP contribution in [0, 0.1) is 121 Å². The van der Waals surface area contributed by atoms with Crippen molar-refractivity contribution in [3.63, 3.8) is 0 Å². The molecule has 0 aromatic rings. The molecule has 0 saturated carbocycles. The summed E-state index contributed by atoms with van der Waals surface area (Å²) in [5, 5.41) is 0. The second-order valence-corrected chi connectivity index (χ2v) is 2.68. The molecule has 76 valence electrons. The van der Waals surface area contributed by atoms with Gasteiger partial charge in [0.1, 0.15) is 0 Å². The van der Waals surface area contributed by atoms with Crippen molar-refractivity contribution in [2.24, 2.45) is 0 Å². The molecule has 0 fully saturated rings. The Morgan fingerprint density at radius 3 is 0.538 bits per heavy atom. The molecular weight excluding hydrogens is 641 g/mol. The number of hydrogen-bond acceptors (Lipinski definition) is 8. The normalized spacial score (nSPS) is 9.08. The third kappa shape index (κ3) is 184. The molecule has 0 aromatic carbocycles. The van der Waals surface area contributed by atoms with Crippen LogP contribution in [0.5, 0.6) is 0 Å². The molecule has 0 rings (SSSR count). The van der Waals surface area contributed by atoms with Crippen LogP contribution in [0.3, 0.4) is 0 Å². The molecule has 0 heterocycles. The van der Waals surface area contributed by atoms with Crippen molar-refractivity contribution in [3.8, 4) is 0 Å².